The maximum Gasteiger partial charge on any atom is 0.223 e. The molecule has 140 valence electrons. The lowest BCUT2D eigenvalue weighted by Crippen LogP contribution is -2.40. The Balaban J connectivity index is 1.34. The van der Waals surface area contributed by atoms with Gasteiger partial charge in [0.15, 0.2) is 5.13 Å². The van der Waals surface area contributed by atoms with Crippen molar-refractivity contribution in [1.29, 1.82) is 0 Å². The van der Waals surface area contributed by atoms with Crippen LogP contribution in [0.2, 0.25) is 0 Å². The lowest BCUT2D eigenvalue weighted by Gasteiger charge is -2.31. The molecule has 2 heterocycles. The summed E-state index contributed by atoms with van der Waals surface area (Å²) in [7, 11) is 0. The SMILES string of the molecule is O=C(NCc1ccccc1F)C1CCN(c2nc3ccc(F)cc3s2)CC1. The minimum Gasteiger partial charge on any atom is -0.352 e. The number of benzene rings is 2. The van der Waals surface area contributed by atoms with Crippen molar-refractivity contribution < 1.29 is 13.6 Å². The summed E-state index contributed by atoms with van der Waals surface area (Å²) in [6, 6.07) is 11.1. The quantitative estimate of drug-likeness (QED) is 0.733. The van der Waals surface area contributed by atoms with Crippen LogP contribution in [0.5, 0.6) is 0 Å². The molecule has 0 unspecified atom stereocenters. The predicted molar refractivity (Wildman–Crippen MR) is 103 cm³/mol. The Labute approximate surface area is 159 Å². The van der Waals surface area contributed by atoms with Crippen molar-refractivity contribution in [3.8, 4) is 0 Å². The molecule has 1 aliphatic heterocycles. The highest BCUT2D eigenvalue weighted by atomic mass is 32.1. The number of halogens is 2. The summed E-state index contributed by atoms with van der Waals surface area (Å²) in [6.45, 7) is 1.65. The molecule has 0 radical (unpaired) electrons. The number of amides is 1. The van der Waals surface area contributed by atoms with Gasteiger partial charge in [-0.1, -0.05) is 29.5 Å². The summed E-state index contributed by atoms with van der Waals surface area (Å²) < 4.78 is 27.8. The van der Waals surface area contributed by atoms with E-state index in [0.29, 0.717) is 18.4 Å². The van der Waals surface area contributed by atoms with Crippen molar-refractivity contribution in [2.45, 2.75) is 19.4 Å². The van der Waals surface area contributed by atoms with E-state index in [0.717, 1.165) is 28.4 Å². The Hall–Kier alpha value is -2.54. The van der Waals surface area contributed by atoms with Crippen molar-refractivity contribution >= 4 is 32.6 Å². The third-order valence-electron chi connectivity index (χ3n) is 4.89. The summed E-state index contributed by atoms with van der Waals surface area (Å²) in [5, 5.41) is 3.70. The van der Waals surface area contributed by atoms with Crippen molar-refractivity contribution in [2.24, 2.45) is 5.92 Å². The summed E-state index contributed by atoms with van der Waals surface area (Å²) in [5.41, 5.74) is 1.28. The zero-order valence-electron chi connectivity index (χ0n) is 14.6. The molecule has 1 aromatic heterocycles. The van der Waals surface area contributed by atoms with Gasteiger partial charge in [-0.25, -0.2) is 13.8 Å². The number of anilines is 1. The van der Waals surface area contributed by atoms with Crippen LogP contribution in [-0.4, -0.2) is 24.0 Å². The molecule has 0 atom stereocenters. The lowest BCUT2D eigenvalue weighted by atomic mass is 9.96. The number of fused-ring (bicyclic) bond motifs is 1. The summed E-state index contributed by atoms with van der Waals surface area (Å²) in [5.74, 6) is -0.688. The van der Waals surface area contributed by atoms with E-state index >= 15 is 0 Å². The van der Waals surface area contributed by atoms with E-state index < -0.39 is 0 Å². The molecule has 1 saturated heterocycles. The van der Waals surface area contributed by atoms with E-state index in [-0.39, 0.29) is 30.0 Å². The minimum atomic E-state index is -0.306. The van der Waals surface area contributed by atoms with Gasteiger partial charge in [0.25, 0.3) is 0 Å². The lowest BCUT2D eigenvalue weighted by molar-refractivity contribution is -0.125. The third-order valence-corrected chi connectivity index (χ3v) is 5.97. The number of thiazole rings is 1. The third kappa shape index (κ3) is 3.93. The molecule has 1 fully saturated rings. The monoisotopic (exact) mass is 387 g/mol. The van der Waals surface area contributed by atoms with E-state index in [1.165, 1.54) is 29.5 Å². The second kappa shape index (κ2) is 7.60. The van der Waals surface area contributed by atoms with E-state index in [1.54, 1.807) is 24.3 Å². The molecule has 4 rings (SSSR count). The van der Waals surface area contributed by atoms with E-state index in [9.17, 15) is 13.6 Å². The molecule has 1 N–H and O–H groups in total. The Morgan fingerprint density at radius 3 is 2.74 bits per heavy atom. The molecule has 27 heavy (non-hydrogen) atoms. The van der Waals surface area contributed by atoms with Crippen LogP contribution in [0, 0.1) is 17.6 Å². The first-order valence-electron chi connectivity index (χ1n) is 8.92. The Morgan fingerprint density at radius 1 is 1.19 bits per heavy atom. The zero-order chi connectivity index (χ0) is 18.8. The molecule has 2 aromatic carbocycles. The van der Waals surface area contributed by atoms with Crippen LogP contribution in [0.3, 0.4) is 0 Å². The summed E-state index contributed by atoms with van der Waals surface area (Å²) in [6.07, 6.45) is 1.43. The fourth-order valence-electron chi connectivity index (χ4n) is 3.32. The predicted octanol–water partition coefficient (Wildman–Crippen LogP) is 4.11. The van der Waals surface area contributed by atoms with Crippen molar-refractivity contribution in [2.75, 3.05) is 18.0 Å². The number of rotatable bonds is 4. The van der Waals surface area contributed by atoms with Crippen molar-refractivity contribution in [1.82, 2.24) is 10.3 Å². The number of piperidine rings is 1. The molecule has 0 aliphatic carbocycles. The summed E-state index contributed by atoms with van der Waals surface area (Å²) >= 11 is 1.47. The van der Waals surface area contributed by atoms with E-state index in [4.69, 9.17) is 0 Å². The van der Waals surface area contributed by atoms with Gasteiger partial charge in [0.2, 0.25) is 5.91 Å². The first kappa shape index (κ1) is 17.9. The molecule has 0 saturated carbocycles. The number of hydrogen-bond acceptors (Lipinski definition) is 4. The standard InChI is InChI=1S/C20H19F2N3OS/c21-15-5-6-17-18(11-15)27-20(24-17)25-9-7-13(8-10-25)19(26)23-12-14-3-1-2-4-16(14)22/h1-6,11,13H,7-10,12H2,(H,23,26). The Bertz CT molecular complexity index is 967. The maximum absolute atomic E-state index is 13.6. The molecular formula is C20H19F2N3OS. The van der Waals surface area contributed by atoms with E-state index in [2.05, 4.69) is 15.2 Å². The highest BCUT2D eigenvalue weighted by Crippen LogP contribution is 2.32. The summed E-state index contributed by atoms with van der Waals surface area (Å²) in [4.78, 5) is 19.1. The molecule has 1 aliphatic rings. The van der Waals surface area contributed by atoms with Gasteiger partial charge in [-0.2, -0.15) is 0 Å². The van der Waals surface area contributed by atoms with Gasteiger partial charge in [0.1, 0.15) is 11.6 Å². The first-order valence-corrected chi connectivity index (χ1v) is 9.74. The number of hydrogen-bond donors (Lipinski definition) is 1. The largest absolute Gasteiger partial charge is 0.352 e. The zero-order valence-corrected chi connectivity index (χ0v) is 15.4. The van der Waals surface area contributed by atoms with Crippen LogP contribution in [0.1, 0.15) is 18.4 Å². The van der Waals surface area contributed by atoms with Gasteiger partial charge in [0.05, 0.1) is 10.2 Å². The van der Waals surface area contributed by atoms with Gasteiger partial charge < -0.3 is 10.2 Å². The molecule has 0 bridgehead atoms. The van der Waals surface area contributed by atoms with Gasteiger partial charge in [-0.15, -0.1) is 0 Å². The van der Waals surface area contributed by atoms with Gasteiger partial charge in [-0.3, -0.25) is 4.79 Å². The smallest absolute Gasteiger partial charge is 0.223 e. The second-order valence-electron chi connectivity index (χ2n) is 6.68. The van der Waals surface area contributed by atoms with Crippen LogP contribution in [0.4, 0.5) is 13.9 Å². The average molecular weight is 387 g/mol. The van der Waals surface area contributed by atoms with Gasteiger partial charge >= 0.3 is 0 Å². The molecule has 4 nitrogen and oxygen atoms in total. The number of carbonyl (C=O) groups is 1. The highest BCUT2D eigenvalue weighted by Gasteiger charge is 2.26. The van der Waals surface area contributed by atoms with Crippen LogP contribution >= 0.6 is 11.3 Å². The molecule has 1 amide bonds. The van der Waals surface area contributed by atoms with Crippen LogP contribution < -0.4 is 10.2 Å². The average Bonchev–Trinajstić information content (AvgIpc) is 3.10. The fraction of sp³-hybridized carbons (Fsp3) is 0.300. The molecule has 3 aromatic rings. The minimum absolute atomic E-state index is 0.0377. The van der Waals surface area contributed by atoms with Gasteiger partial charge in [0, 0.05) is 31.1 Å². The fourth-order valence-corrected chi connectivity index (χ4v) is 4.37. The van der Waals surface area contributed by atoms with Crippen molar-refractivity contribution in [3.05, 3.63) is 59.7 Å². The van der Waals surface area contributed by atoms with E-state index in [1.807, 2.05) is 0 Å². The van der Waals surface area contributed by atoms with Crippen LogP contribution in [0.25, 0.3) is 10.2 Å². The highest BCUT2D eigenvalue weighted by molar-refractivity contribution is 7.22. The topological polar surface area (TPSA) is 45.2 Å². The second-order valence-corrected chi connectivity index (χ2v) is 7.69. The number of nitrogens with zero attached hydrogens (tertiary/aromatic N) is 2. The Kier molecular flexibility index (Phi) is 5.03. The van der Waals surface area contributed by atoms with Gasteiger partial charge in [-0.05, 0) is 37.1 Å². The molecule has 0 spiro atoms. The number of carbonyl (C=O) groups excluding carboxylic acids is 1. The normalized spacial score (nSPS) is 15.3. The molecule has 7 heteroatoms. The van der Waals surface area contributed by atoms with Crippen LogP contribution in [0.15, 0.2) is 42.5 Å². The van der Waals surface area contributed by atoms with Crippen molar-refractivity contribution in [3.63, 3.8) is 0 Å². The maximum atomic E-state index is 13.6. The Morgan fingerprint density at radius 2 is 1.96 bits per heavy atom. The first-order chi connectivity index (χ1) is 13.1. The molecular weight excluding hydrogens is 368 g/mol. The number of nitrogens with one attached hydrogen (secondary N) is 1. The van der Waals surface area contributed by atoms with Crippen LogP contribution in [-0.2, 0) is 11.3 Å². The number of aromatic nitrogens is 1.